The quantitative estimate of drug-likeness (QED) is 0.392. The van der Waals surface area contributed by atoms with Gasteiger partial charge in [0.25, 0.3) is 11.8 Å². The van der Waals surface area contributed by atoms with Crippen molar-refractivity contribution in [1.29, 1.82) is 0 Å². The molecule has 0 aliphatic heterocycles. The van der Waals surface area contributed by atoms with Crippen LogP contribution in [0.4, 0.5) is 29.8 Å². The Labute approximate surface area is 200 Å². The monoisotopic (exact) mass is 508 g/mol. The van der Waals surface area contributed by atoms with E-state index >= 15 is 0 Å². The van der Waals surface area contributed by atoms with Crippen LogP contribution in [0.25, 0.3) is 0 Å². The zero-order valence-corrected chi connectivity index (χ0v) is 18.9. The Balaban J connectivity index is 1.56. The van der Waals surface area contributed by atoms with Gasteiger partial charge in [-0.3, -0.25) is 14.4 Å². The predicted octanol–water partition coefficient (Wildman–Crippen LogP) is 2.62. The second kappa shape index (κ2) is 9.02. The maximum Gasteiger partial charge on any atom is 0.273 e. The van der Waals surface area contributed by atoms with Gasteiger partial charge in [0.05, 0.1) is 0 Å². The van der Waals surface area contributed by atoms with Gasteiger partial charge in [0.2, 0.25) is 17.5 Å². The second-order valence-electron chi connectivity index (χ2n) is 7.98. The molecule has 0 spiro atoms. The maximum absolute atomic E-state index is 13.4. The largest absolute Gasteiger partial charge is 0.382 e. The van der Waals surface area contributed by atoms with Crippen molar-refractivity contribution < 1.29 is 32.1 Å². The fraction of sp³-hybridized carbons (Fsp3) is 0.286. The first-order valence-electron chi connectivity index (χ1n) is 10.3. The Hall–Kier alpha value is -3.94. The first kappa shape index (κ1) is 24.2. The number of rotatable bonds is 8. The molecule has 1 atom stereocenters. The van der Waals surface area contributed by atoms with Gasteiger partial charge in [-0.05, 0) is 31.2 Å². The Morgan fingerprint density at radius 3 is 2.51 bits per heavy atom. The van der Waals surface area contributed by atoms with E-state index in [-0.39, 0.29) is 27.3 Å². The summed E-state index contributed by atoms with van der Waals surface area (Å²) in [5.74, 6) is -6.01. The third-order valence-corrected chi connectivity index (χ3v) is 6.42. The maximum atomic E-state index is 13.4. The van der Waals surface area contributed by atoms with E-state index in [1.54, 1.807) is 0 Å². The fourth-order valence-electron chi connectivity index (χ4n) is 3.44. The highest BCUT2D eigenvalue weighted by Crippen LogP contribution is 2.38. The number of thiazole rings is 1. The van der Waals surface area contributed by atoms with E-state index in [1.807, 2.05) is 0 Å². The zero-order chi connectivity index (χ0) is 25.5. The van der Waals surface area contributed by atoms with Gasteiger partial charge in [0.1, 0.15) is 22.6 Å². The van der Waals surface area contributed by atoms with Gasteiger partial charge < -0.3 is 26.2 Å². The van der Waals surface area contributed by atoms with Gasteiger partial charge in [0.15, 0.2) is 10.8 Å². The number of alkyl halides is 2. The summed E-state index contributed by atoms with van der Waals surface area (Å²) in [6, 6.07) is 4.64. The van der Waals surface area contributed by atoms with E-state index < -0.39 is 54.3 Å². The van der Waals surface area contributed by atoms with Crippen LogP contribution in [0.1, 0.15) is 45.7 Å². The second-order valence-corrected chi connectivity index (χ2v) is 8.95. The number of nitrogens with zero attached hydrogens (tertiary/aromatic N) is 3. The van der Waals surface area contributed by atoms with E-state index in [0.29, 0.717) is 5.69 Å². The molecule has 1 saturated carbocycles. The number of ketones is 1. The van der Waals surface area contributed by atoms with Crippen molar-refractivity contribution in [3.05, 3.63) is 52.5 Å². The van der Waals surface area contributed by atoms with Crippen LogP contribution in [0.15, 0.2) is 34.9 Å². The van der Waals surface area contributed by atoms with Gasteiger partial charge in [-0.2, -0.15) is 0 Å². The van der Waals surface area contributed by atoms with E-state index in [9.17, 15) is 27.6 Å². The Bertz CT molecular complexity index is 1280. The molecule has 0 bridgehead atoms. The number of nitrogens with two attached hydrogens (primary N) is 2. The highest BCUT2D eigenvalue weighted by atomic mass is 32.1. The van der Waals surface area contributed by atoms with Crippen molar-refractivity contribution in [1.82, 2.24) is 15.5 Å². The molecule has 0 saturated heterocycles. The first-order valence-corrected chi connectivity index (χ1v) is 11.1. The minimum absolute atomic E-state index is 0.0643. The Kier molecular flexibility index (Phi) is 6.23. The third kappa shape index (κ3) is 4.96. The zero-order valence-electron chi connectivity index (χ0n) is 18.1. The summed E-state index contributed by atoms with van der Waals surface area (Å²) in [5.41, 5.74) is 11.5. The number of primary amides is 1. The molecular formula is C21H19F3N6O4S. The van der Waals surface area contributed by atoms with Crippen molar-refractivity contribution in [3.63, 3.8) is 0 Å². The van der Waals surface area contributed by atoms with Crippen LogP contribution in [0, 0.1) is 5.82 Å². The summed E-state index contributed by atoms with van der Waals surface area (Å²) in [7, 11) is 0. The van der Waals surface area contributed by atoms with Crippen LogP contribution in [-0.2, 0) is 4.79 Å². The summed E-state index contributed by atoms with van der Waals surface area (Å²) < 4.78 is 44.3. The molecule has 14 heteroatoms. The average molecular weight is 508 g/mol. The smallest absolute Gasteiger partial charge is 0.273 e. The molecule has 2 heterocycles. The number of nitrogens with one attached hydrogen (secondary N) is 1. The average Bonchev–Trinajstić information content (AvgIpc) is 3.41. The molecule has 0 radical (unpaired) electrons. The number of hydrogen-bond acceptors (Lipinski definition) is 9. The summed E-state index contributed by atoms with van der Waals surface area (Å²) in [5, 5.41) is 6.05. The number of halogens is 3. The molecule has 1 fully saturated rings. The lowest BCUT2D eigenvalue weighted by Crippen LogP contribution is -2.50. The fourth-order valence-corrected chi connectivity index (χ4v) is 4.47. The molecule has 184 valence electrons. The van der Waals surface area contributed by atoms with Crippen LogP contribution in [0.5, 0.6) is 0 Å². The SMILES string of the molecule is C[C@H](C(N)=O)N(c1ccc(F)cc1)c1nc(N)c(C(=O)c2cc(C(=O)NC3CC(F)(F)C3)no2)s1. The minimum Gasteiger partial charge on any atom is -0.382 e. The summed E-state index contributed by atoms with van der Waals surface area (Å²) in [6.07, 6.45) is -0.951. The number of anilines is 3. The molecule has 5 N–H and O–H groups in total. The number of nitrogen functional groups attached to an aromatic ring is 1. The predicted molar refractivity (Wildman–Crippen MR) is 119 cm³/mol. The van der Waals surface area contributed by atoms with Crippen LogP contribution in [0.2, 0.25) is 0 Å². The van der Waals surface area contributed by atoms with Crippen molar-refractivity contribution in [2.24, 2.45) is 5.73 Å². The molecule has 1 aliphatic rings. The Morgan fingerprint density at radius 1 is 1.26 bits per heavy atom. The van der Waals surface area contributed by atoms with Gasteiger partial charge >= 0.3 is 0 Å². The molecule has 1 aliphatic carbocycles. The van der Waals surface area contributed by atoms with Crippen molar-refractivity contribution in [2.75, 3.05) is 10.6 Å². The molecule has 1 aromatic carbocycles. The van der Waals surface area contributed by atoms with Crippen molar-refractivity contribution in [3.8, 4) is 0 Å². The summed E-state index contributed by atoms with van der Waals surface area (Å²) in [6.45, 7) is 1.50. The van der Waals surface area contributed by atoms with Gasteiger partial charge in [0, 0.05) is 30.6 Å². The van der Waals surface area contributed by atoms with Gasteiger partial charge in [-0.1, -0.05) is 16.5 Å². The minimum atomic E-state index is -2.81. The van der Waals surface area contributed by atoms with E-state index in [4.69, 9.17) is 16.0 Å². The number of amides is 2. The molecule has 35 heavy (non-hydrogen) atoms. The highest BCUT2D eigenvalue weighted by molar-refractivity contribution is 7.18. The summed E-state index contributed by atoms with van der Waals surface area (Å²) >= 11 is 0.823. The molecule has 3 aromatic rings. The van der Waals surface area contributed by atoms with E-state index in [2.05, 4.69) is 15.5 Å². The lowest BCUT2D eigenvalue weighted by Gasteiger charge is -2.34. The number of benzene rings is 1. The van der Waals surface area contributed by atoms with Crippen LogP contribution >= 0.6 is 11.3 Å². The highest BCUT2D eigenvalue weighted by Gasteiger charge is 2.46. The van der Waals surface area contributed by atoms with E-state index in [1.165, 1.54) is 36.1 Å². The van der Waals surface area contributed by atoms with Crippen LogP contribution < -0.4 is 21.7 Å². The van der Waals surface area contributed by atoms with Crippen LogP contribution in [-0.4, -0.2) is 45.7 Å². The molecule has 0 unspecified atom stereocenters. The normalized spacial score (nSPS) is 15.8. The van der Waals surface area contributed by atoms with E-state index in [0.717, 1.165) is 17.4 Å². The number of aromatic nitrogens is 2. The van der Waals surface area contributed by atoms with Gasteiger partial charge in [-0.15, -0.1) is 0 Å². The summed E-state index contributed by atoms with van der Waals surface area (Å²) in [4.78, 5) is 42.6. The Morgan fingerprint density at radius 2 is 1.91 bits per heavy atom. The standard InChI is InChI=1S/C21H19F3N6O4S/c1-9(18(26)32)30(12-4-2-10(22)3-5-12)20-28-17(25)16(35-20)15(31)14-6-13(29-34-14)19(33)27-11-7-21(23,24)8-11/h2-6,9,11H,7-8,25H2,1H3,(H2,26,32)(H,27,33)/t9-/m1/s1. The lowest BCUT2D eigenvalue weighted by atomic mass is 9.88. The lowest BCUT2D eigenvalue weighted by molar-refractivity contribution is -0.118. The van der Waals surface area contributed by atoms with Crippen molar-refractivity contribution in [2.45, 2.75) is 37.8 Å². The molecule has 10 nitrogen and oxygen atoms in total. The van der Waals surface area contributed by atoms with Crippen molar-refractivity contribution >= 4 is 45.6 Å². The molecular weight excluding hydrogens is 489 g/mol. The topological polar surface area (TPSA) is 157 Å². The number of carbonyl (C=O) groups is 3. The van der Waals surface area contributed by atoms with Crippen LogP contribution in [0.3, 0.4) is 0 Å². The number of hydrogen-bond donors (Lipinski definition) is 3. The molecule has 4 rings (SSSR count). The first-order chi connectivity index (χ1) is 16.4. The number of carbonyl (C=O) groups excluding carboxylic acids is 3. The third-order valence-electron chi connectivity index (χ3n) is 5.35. The molecule has 2 aromatic heterocycles. The molecule has 2 amide bonds. The van der Waals surface area contributed by atoms with Gasteiger partial charge in [-0.25, -0.2) is 18.2 Å².